The minimum atomic E-state index is -0.375. The molecule has 0 aromatic heterocycles. The Morgan fingerprint density at radius 1 is 1.44 bits per heavy atom. The van der Waals surface area contributed by atoms with E-state index in [0.29, 0.717) is 11.7 Å². The van der Waals surface area contributed by atoms with E-state index in [1.165, 1.54) is 22.3 Å². The Labute approximate surface area is 108 Å². The topological polar surface area (TPSA) is 46.2 Å². The van der Waals surface area contributed by atoms with Crippen LogP contribution in [0.5, 0.6) is 5.75 Å². The predicted octanol–water partition coefficient (Wildman–Crippen LogP) is 3.01. The van der Waals surface area contributed by atoms with Crippen LogP contribution in [0.3, 0.4) is 0 Å². The van der Waals surface area contributed by atoms with E-state index in [0.717, 1.165) is 12.8 Å². The van der Waals surface area contributed by atoms with Gasteiger partial charge in [0.1, 0.15) is 5.75 Å². The van der Waals surface area contributed by atoms with E-state index in [2.05, 4.69) is 26.0 Å². The lowest BCUT2D eigenvalue weighted by atomic mass is 9.62. The van der Waals surface area contributed by atoms with Crippen molar-refractivity contribution in [2.75, 3.05) is 0 Å². The number of benzene rings is 1. The molecule has 0 saturated carbocycles. The van der Waals surface area contributed by atoms with Gasteiger partial charge in [0.2, 0.25) is 0 Å². The van der Waals surface area contributed by atoms with Crippen LogP contribution < -0.4 is 5.73 Å². The van der Waals surface area contributed by atoms with Crippen molar-refractivity contribution in [2.45, 2.75) is 32.2 Å². The highest BCUT2D eigenvalue weighted by atomic mass is 16.3. The molecule has 1 aromatic rings. The zero-order valence-corrected chi connectivity index (χ0v) is 10.9. The number of phenolic OH excluding ortho intramolecular Hbond substituents is 1. The van der Waals surface area contributed by atoms with E-state index in [9.17, 15) is 5.11 Å². The van der Waals surface area contributed by atoms with Crippen LogP contribution in [0.4, 0.5) is 0 Å². The summed E-state index contributed by atoms with van der Waals surface area (Å²) in [4.78, 5) is 0. The number of hydrogen-bond donors (Lipinski definition) is 2. The third kappa shape index (κ3) is 1.45. The summed E-state index contributed by atoms with van der Waals surface area (Å²) in [5, 5.41) is 9.64. The second-order valence-electron chi connectivity index (χ2n) is 5.56. The van der Waals surface area contributed by atoms with E-state index >= 15 is 0 Å². The lowest BCUT2D eigenvalue weighted by Crippen LogP contribution is -2.47. The monoisotopic (exact) mass is 241 g/mol. The molecule has 2 aliphatic carbocycles. The van der Waals surface area contributed by atoms with Gasteiger partial charge in [0, 0.05) is 5.92 Å². The molecule has 0 saturated heterocycles. The fourth-order valence-corrected chi connectivity index (χ4v) is 3.68. The maximum atomic E-state index is 9.64. The van der Waals surface area contributed by atoms with Crippen LogP contribution >= 0.6 is 0 Å². The zero-order chi connectivity index (χ0) is 12.9. The lowest BCUT2D eigenvalue weighted by Gasteiger charge is -2.45. The van der Waals surface area contributed by atoms with Gasteiger partial charge >= 0.3 is 0 Å². The molecule has 2 atom stereocenters. The average Bonchev–Trinajstić information content (AvgIpc) is 2.26. The van der Waals surface area contributed by atoms with Crippen molar-refractivity contribution in [1.82, 2.24) is 0 Å². The standard InChI is InChI=1S/C16H19NO/c1-3-14-11-6-10(2)9-16(14,17)15-5-4-13(18)8-12(15)7-11/h3-6,8,11,18H,7,9,17H2,1-2H3/b14-3+/t11?,16-/m1/s1. The summed E-state index contributed by atoms with van der Waals surface area (Å²) in [5.74, 6) is 0.725. The van der Waals surface area contributed by atoms with Crippen molar-refractivity contribution >= 4 is 0 Å². The molecule has 2 aliphatic rings. The molecule has 18 heavy (non-hydrogen) atoms. The van der Waals surface area contributed by atoms with Crippen molar-refractivity contribution in [2.24, 2.45) is 11.7 Å². The summed E-state index contributed by atoms with van der Waals surface area (Å²) in [6, 6.07) is 5.60. The molecule has 0 aliphatic heterocycles. The third-order valence-electron chi connectivity index (χ3n) is 4.28. The number of fused-ring (bicyclic) bond motifs is 4. The first kappa shape index (κ1) is 11.5. The normalized spacial score (nSPS) is 32.1. The number of phenols is 1. The van der Waals surface area contributed by atoms with Crippen molar-refractivity contribution in [1.29, 1.82) is 0 Å². The molecular weight excluding hydrogens is 222 g/mol. The van der Waals surface area contributed by atoms with E-state index in [-0.39, 0.29) is 5.54 Å². The Kier molecular flexibility index (Phi) is 2.39. The minimum Gasteiger partial charge on any atom is -0.508 e. The summed E-state index contributed by atoms with van der Waals surface area (Å²) in [5.41, 5.74) is 11.4. The molecule has 3 rings (SSSR count). The molecule has 0 spiro atoms. The van der Waals surface area contributed by atoms with E-state index in [1.54, 1.807) is 6.07 Å². The average molecular weight is 241 g/mol. The SMILES string of the molecule is C/C=C1\C2C=C(C)C[C@]1(N)c1ccc(O)cc1C2. The molecule has 94 valence electrons. The number of rotatable bonds is 0. The van der Waals surface area contributed by atoms with Crippen LogP contribution in [0.25, 0.3) is 0 Å². The molecule has 0 heterocycles. The smallest absolute Gasteiger partial charge is 0.115 e. The lowest BCUT2D eigenvalue weighted by molar-refractivity contribution is 0.411. The number of hydrogen-bond acceptors (Lipinski definition) is 2. The van der Waals surface area contributed by atoms with Gasteiger partial charge in [0.15, 0.2) is 0 Å². The molecule has 1 unspecified atom stereocenters. The molecule has 0 fully saturated rings. The fourth-order valence-electron chi connectivity index (χ4n) is 3.68. The van der Waals surface area contributed by atoms with Crippen LogP contribution in [0.15, 0.2) is 41.5 Å². The van der Waals surface area contributed by atoms with E-state index < -0.39 is 0 Å². The predicted molar refractivity (Wildman–Crippen MR) is 73.3 cm³/mol. The van der Waals surface area contributed by atoms with Crippen molar-refractivity contribution in [3.05, 3.63) is 52.6 Å². The number of allylic oxidation sites excluding steroid dienone is 2. The van der Waals surface area contributed by atoms with Gasteiger partial charge in [0.25, 0.3) is 0 Å². The highest BCUT2D eigenvalue weighted by Crippen LogP contribution is 2.48. The number of aromatic hydroxyl groups is 1. The summed E-state index contributed by atoms with van der Waals surface area (Å²) >= 11 is 0. The van der Waals surface area contributed by atoms with E-state index in [1.807, 2.05) is 12.1 Å². The van der Waals surface area contributed by atoms with Crippen molar-refractivity contribution in [3.63, 3.8) is 0 Å². The Balaban J connectivity index is 2.25. The highest BCUT2D eigenvalue weighted by Gasteiger charge is 2.43. The van der Waals surface area contributed by atoms with Crippen molar-refractivity contribution < 1.29 is 5.11 Å². The third-order valence-corrected chi connectivity index (χ3v) is 4.28. The molecule has 3 N–H and O–H groups in total. The van der Waals surface area contributed by atoms with Gasteiger partial charge < -0.3 is 10.8 Å². The van der Waals surface area contributed by atoms with Gasteiger partial charge in [-0.15, -0.1) is 0 Å². The van der Waals surface area contributed by atoms with Gasteiger partial charge in [0.05, 0.1) is 5.54 Å². The van der Waals surface area contributed by atoms with Crippen LogP contribution in [0.1, 0.15) is 31.4 Å². The molecule has 0 radical (unpaired) electrons. The zero-order valence-electron chi connectivity index (χ0n) is 10.9. The number of nitrogens with two attached hydrogens (primary N) is 1. The molecule has 0 amide bonds. The van der Waals surface area contributed by atoms with Gasteiger partial charge in [-0.3, -0.25) is 0 Å². The minimum absolute atomic E-state index is 0.333. The Bertz CT molecular complexity index is 570. The van der Waals surface area contributed by atoms with Gasteiger partial charge in [-0.25, -0.2) is 0 Å². The maximum Gasteiger partial charge on any atom is 0.115 e. The summed E-state index contributed by atoms with van der Waals surface area (Å²) < 4.78 is 0. The van der Waals surface area contributed by atoms with E-state index in [4.69, 9.17) is 5.73 Å². The van der Waals surface area contributed by atoms with Crippen molar-refractivity contribution in [3.8, 4) is 5.75 Å². The molecule has 2 nitrogen and oxygen atoms in total. The molecule has 1 aromatic carbocycles. The molecule has 2 bridgehead atoms. The summed E-state index contributed by atoms with van der Waals surface area (Å²) in [6.45, 7) is 4.23. The fraction of sp³-hybridized carbons (Fsp3) is 0.375. The van der Waals surface area contributed by atoms with Gasteiger partial charge in [-0.2, -0.15) is 0 Å². The second kappa shape index (κ2) is 3.72. The Morgan fingerprint density at radius 3 is 2.94 bits per heavy atom. The quantitative estimate of drug-likeness (QED) is 0.686. The Morgan fingerprint density at radius 2 is 2.22 bits per heavy atom. The summed E-state index contributed by atoms with van der Waals surface area (Å²) in [7, 11) is 0. The highest BCUT2D eigenvalue weighted by molar-refractivity contribution is 5.52. The largest absolute Gasteiger partial charge is 0.508 e. The first-order valence-corrected chi connectivity index (χ1v) is 6.50. The van der Waals surface area contributed by atoms with Crippen LogP contribution in [-0.4, -0.2) is 5.11 Å². The van der Waals surface area contributed by atoms with Gasteiger partial charge in [-0.1, -0.05) is 23.8 Å². The first-order chi connectivity index (χ1) is 8.54. The van der Waals surface area contributed by atoms with Crippen LogP contribution in [0, 0.1) is 5.92 Å². The maximum absolute atomic E-state index is 9.64. The first-order valence-electron chi connectivity index (χ1n) is 6.50. The molecular formula is C16H19NO. The second-order valence-corrected chi connectivity index (χ2v) is 5.56. The van der Waals surface area contributed by atoms with Crippen LogP contribution in [-0.2, 0) is 12.0 Å². The van der Waals surface area contributed by atoms with Crippen LogP contribution in [0.2, 0.25) is 0 Å². The summed E-state index contributed by atoms with van der Waals surface area (Å²) in [6.07, 6.45) is 6.32. The Hall–Kier alpha value is -1.54. The molecule has 2 heteroatoms. The van der Waals surface area contributed by atoms with Gasteiger partial charge in [-0.05, 0) is 55.5 Å².